The van der Waals surface area contributed by atoms with Crippen LogP contribution < -0.4 is 0 Å². The van der Waals surface area contributed by atoms with Crippen LogP contribution in [0.3, 0.4) is 0 Å². The Morgan fingerprint density at radius 3 is 2.65 bits per heavy atom. The van der Waals surface area contributed by atoms with E-state index in [9.17, 15) is 14.7 Å². The number of hydrogen-bond acceptors (Lipinski definition) is 5. The quantitative estimate of drug-likeness (QED) is 0.825. The fraction of sp³-hybridized carbons (Fsp3) is 0.444. The number of piperidine rings is 1. The van der Waals surface area contributed by atoms with E-state index in [4.69, 9.17) is 16.1 Å². The molecule has 0 radical (unpaired) electrons. The molecule has 7 nitrogen and oxygen atoms in total. The van der Waals surface area contributed by atoms with Crippen LogP contribution in [0.5, 0.6) is 0 Å². The van der Waals surface area contributed by atoms with Crippen LogP contribution in [0.2, 0.25) is 5.02 Å². The standard InChI is InChI=1S/C18H18ClN3O4/c19-13-5-3-11(4-6-13)14-20-15(26-21-14)12-2-1-9-22(10-12)16(23)18(7-8-18)17(24)25/h3-6,12H,1-2,7-10H2,(H,24,25)/t12-/m0/s1. The molecule has 1 saturated heterocycles. The van der Waals surface area contributed by atoms with Gasteiger partial charge in [0.1, 0.15) is 5.41 Å². The minimum atomic E-state index is -1.20. The van der Waals surface area contributed by atoms with Crippen LogP contribution in [0.1, 0.15) is 37.5 Å². The van der Waals surface area contributed by atoms with Gasteiger partial charge < -0.3 is 14.5 Å². The number of aliphatic carboxylic acids is 1. The molecule has 1 aliphatic heterocycles. The van der Waals surface area contributed by atoms with Crippen molar-refractivity contribution in [2.75, 3.05) is 13.1 Å². The van der Waals surface area contributed by atoms with Crippen molar-refractivity contribution in [3.63, 3.8) is 0 Å². The molecule has 2 heterocycles. The van der Waals surface area contributed by atoms with Crippen LogP contribution >= 0.6 is 11.6 Å². The molecule has 1 N–H and O–H groups in total. The Labute approximate surface area is 154 Å². The number of hydrogen-bond donors (Lipinski definition) is 1. The van der Waals surface area contributed by atoms with Gasteiger partial charge in [-0.25, -0.2) is 0 Å². The molecule has 1 atom stereocenters. The molecule has 0 unspecified atom stereocenters. The summed E-state index contributed by atoms with van der Waals surface area (Å²) in [4.78, 5) is 30.1. The first-order valence-electron chi connectivity index (χ1n) is 8.62. The third-order valence-corrected chi connectivity index (χ3v) is 5.42. The van der Waals surface area contributed by atoms with Crippen molar-refractivity contribution in [3.05, 3.63) is 35.2 Å². The number of likely N-dealkylation sites (tertiary alicyclic amines) is 1. The number of aromatic nitrogens is 2. The maximum absolute atomic E-state index is 12.6. The maximum atomic E-state index is 12.6. The van der Waals surface area contributed by atoms with Gasteiger partial charge in [-0.05, 0) is 49.9 Å². The average Bonchev–Trinajstić information content (AvgIpc) is 3.33. The van der Waals surface area contributed by atoms with Crippen LogP contribution in [-0.4, -0.2) is 45.1 Å². The molecule has 2 aliphatic rings. The first-order chi connectivity index (χ1) is 12.5. The highest BCUT2D eigenvalue weighted by Crippen LogP contribution is 2.48. The molecule has 1 saturated carbocycles. The third kappa shape index (κ3) is 2.96. The number of benzene rings is 1. The number of carbonyl (C=O) groups excluding carboxylic acids is 1. The Balaban J connectivity index is 1.49. The summed E-state index contributed by atoms with van der Waals surface area (Å²) < 4.78 is 5.42. The summed E-state index contributed by atoms with van der Waals surface area (Å²) in [6.45, 7) is 0.985. The highest BCUT2D eigenvalue weighted by molar-refractivity contribution is 6.30. The summed E-state index contributed by atoms with van der Waals surface area (Å²) in [6.07, 6.45) is 2.45. The zero-order chi connectivity index (χ0) is 18.3. The van der Waals surface area contributed by atoms with Crippen LogP contribution in [0, 0.1) is 5.41 Å². The maximum Gasteiger partial charge on any atom is 0.319 e. The Morgan fingerprint density at radius 2 is 2.00 bits per heavy atom. The van der Waals surface area contributed by atoms with Crippen LogP contribution in [0.4, 0.5) is 0 Å². The van der Waals surface area contributed by atoms with E-state index in [2.05, 4.69) is 10.1 Å². The molecular weight excluding hydrogens is 358 g/mol. The average molecular weight is 376 g/mol. The second kappa shape index (κ2) is 6.39. The second-order valence-corrected chi connectivity index (χ2v) is 7.38. The zero-order valence-corrected chi connectivity index (χ0v) is 14.8. The van der Waals surface area contributed by atoms with Crippen molar-refractivity contribution in [1.29, 1.82) is 0 Å². The van der Waals surface area contributed by atoms with Crippen molar-refractivity contribution in [2.24, 2.45) is 5.41 Å². The first kappa shape index (κ1) is 17.0. The van der Waals surface area contributed by atoms with Crippen LogP contribution in [0.25, 0.3) is 11.4 Å². The molecule has 0 bridgehead atoms. The second-order valence-electron chi connectivity index (χ2n) is 6.94. The molecule has 2 aromatic rings. The molecule has 136 valence electrons. The van der Waals surface area contributed by atoms with E-state index in [1.165, 1.54) is 0 Å². The Kier molecular flexibility index (Phi) is 4.19. The summed E-state index contributed by atoms with van der Waals surface area (Å²) in [5.41, 5.74) is -0.401. The van der Waals surface area contributed by atoms with Crippen molar-refractivity contribution < 1.29 is 19.2 Å². The molecule has 8 heteroatoms. The van der Waals surface area contributed by atoms with E-state index in [-0.39, 0.29) is 11.8 Å². The summed E-state index contributed by atoms with van der Waals surface area (Å²) in [5, 5.41) is 14.0. The van der Waals surface area contributed by atoms with Gasteiger partial charge in [-0.15, -0.1) is 0 Å². The lowest BCUT2D eigenvalue weighted by atomic mass is 9.95. The minimum absolute atomic E-state index is 0.0779. The van der Waals surface area contributed by atoms with Crippen molar-refractivity contribution in [3.8, 4) is 11.4 Å². The zero-order valence-electron chi connectivity index (χ0n) is 14.0. The highest BCUT2D eigenvalue weighted by atomic mass is 35.5. The Bertz CT molecular complexity index is 844. The van der Waals surface area contributed by atoms with E-state index in [1.807, 2.05) is 12.1 Å². The summed E-state index contributed by atoms with van der Waals surface area (Å²) >= 11 is 5.89. The first-order valence-corrected chi connectivity index (χ1v) is 9.00. The Morgan fingerprint density at radius 1 is 1.27 bits per heavy atom. The van der Waals surface area contributed by atoms with Crippen molar-refractivity contribution in [1.82, 2.24) is 15.0 Å². The van der Waals surface area contributed by atoms with Gasteiger partial charge in [-0.1, -0.05) is 16.8 Å². The highest BCUT2D eigenvalue weighted by Gasteiger charge is 2.58. The number of carboxylic acids is 1. The van der Waals surface area contributed by atoms with Crippen molar-refractivity contribution >= 4 is 23.5 Å². The molecule has 4 rings (SSSR count). The number of halogens is 1. The van der Waals surface area contributed by atoms with Gasteiger partial charge >= 0.3 is 5.97 Å². The Hall–Kier alpha value is -2.41. The minimum Gasteiger partial charge on any atom is -0.480 e. The number of nitrogens with zero attached hydrogens (tertiary/aromatic N) is 3. The summed E-state index contributed by atoms with van der Waals surface area (Å²) in [6, 6.07) is 7.15. The molecule has 0 spiro atoms. The van der Waals surface area contributed by atoms with Crippen molar-refractivity contribution in [2.45, 2.75) is 31.6 Å². The summed E-state index contributed by atoms with van der Waals surface area (Å²) in [7, 11) is 0. The molecule has 1 aromatic carbocycles. The largest absolute Gasteiger partial charge is 0.480 e. The fourth-order valence-corrected chi connectivity index (χ4v) is 3.55. The van der Waals surface area contributed by atoms with Gasteiger partial charge in [0.15, 0.2) is 0 Å². The normalized spacial score (nSPS) is 21.4. The van der Waals surface area contributed by atoms with Gasteiger partial charge in [0.05, 0.1) is 5.92 Å². The topological polar surface area (TPSA) is 96.5 Å². The van der Waals surface area contributed by atoms with E-state index in [0.29, 0.717) is 42.7 Å². The molecule has 1 aliphatic carbocycles. The van der Waals surface area contributed by atoms with Gasteiger partial charge in [-0.2, -0.15) is 4.98 Å². The smallest absolute Gasteiger partial charge is 0.319 e. The SMILES string of the molecule is O=C(O)C1(C(=O)N2CCC[C@H](c3nc(-c4ccc(Cl)cc4)no3)C2)CC1. The van der Waals surface area contributed by atoms with Crippen LogP contribution in [-0.2, 0) is 9.59 Å². The predicted molar refractivity (Wildman–Crippen MR) is 92.6 cm³/mol. The lowest BCUT2D eigenvalue weighted by molar-refractivity contribution is -0.154. The monoisotopic (exact) mass is 375 g/mol. The van der Waals surface area contributed by atoms with E-state index in [0.717, 1.165) is 18.4 Å². The van der Waals surface area contributed by atoms with E-state index < -0.39 is 11.4 Å². The predicted octanol–water partition coefficient (Wildman–Crippen LogP) is 2.96. The number of carbonyl (C=O) groups is 2. The molecule has 2 fully saturated rings. The van der Waals surface area contributed by atoms with E-state index in [1.54, 1.807) is 17.0 Å². The van der Waals surface area contributed by atoms with Gasteiger partial charge in [0, 0.05) is 23.7 Å². The fourth-order valence-electron chi connectivity index (χ4n) is 3.43. The molecular formula is C18H18ClN3O4. The lowest BCUT2D eigenvalue weighted by Gasteiger charge is -2.32. The lowest BCUT2D eigenvalue weighted by Crippen LogP contribution is -2.45. The van der Waals surface area contributed by atoms with Crippen LogP contribution in [0.15, 0.2) is 28.8 Å². The molecule has 1 amide bonds. The van der Waals surface area contributed by atoms with Gasteiger partial charge in [0.25, 0.3) is 0 Å². The molecule has 1 aromatic heterocycles. The number of carboxylic acid groups (broad SMARTS) is 1. The van der Waals surface area contributed by atoms with Gasteiger partial charge in [-0.3, -0.25) is 9.59 Å². The number of rotatable bonds is 4. The number of amides is 1. The molecule has 26 heavy (non-hydrogen) atoms. The van der Waals surface area contributed by atoms with E-state index >= 15 is 0 Å². The third-order valence-electron chi connectivity index (χ3n) is 5.17. The van der Waals surface area contributed by atoms with Gasteiger partial charge in [0.2, 0.25) is 17.6 Å². The summed E-state index contributed by atoms with van der Waals surface area (Å²) in [5.74, 6) is -0.428.